The van der Waals surface area contributed by atoms with E-state index in [2.05, 4.69) is 22.0 Å². The number of aromatic nitrogens is 1. The van der Waals surface area contributed by atoms with Crippen LogP contribution >= 0.6 is 0 Å². The molecule has 2 N–H and O–H groups in total. The number of nitrogens with zero attached hydrogens (tertiary/aromatic N) is 1. The van der Waals surface area contributed by atoms with Gasteiger partial charge in [-0.15, -0.1) is 0 Å². The summed E-state index contributed by atoms with van der Waals surface area (Å²) in [6, 6.07) is 18.2. The zero-order valence-electron chi connectivity index (χ0n) is 14.5. The molecule has 0 aliphatic carbocycles. The molecular formula is C21H24N2O2. The van der Waals surface area contributed by atoms with Gasteiger partial charge in [0.15, 0.2) is 0 Å². The number of rotatable bonds is 7. The molecule has 3 rings (SSSR count). The number of para-hydroxylation sites is 1. The van der Waals surface area contributed by atoms with Gasteiger partial charge < -0.3 is 15.0 Å². The first-order valence-corrected chi connectivity index (χ1v) is 8.70. The van der Waals surface area contributed by atoms with Crippen LogP contribution in [0.4, 0.5) is 0 Å². The smallest absolute Gasteiger partial charge is 0.253 e. The maximum Gasteiger partial charge on any atom is 0.253 e. The third-order valence-corrected chi connectivity index (χ3v) is 4.46. The highest BCUT2D eigenvalue weighted by Gasteiger charge is 2.15. The van der Waals surface area contributed by atoms with Gasteiger partial charge in [0.1, 0.15) is 0 Å². The maximum absolute atomic E-state index is 12.6. The summed E-state index contributed by atoms with van der Waals surface area (Å²) in [4.78, 5) is 12.6. The number of fused-ring (bicyclic) bond motifs is 1. The molecule has 1 unspecified atom stereocenters. The minimum atomic E-state index is -0.0622. The van der Waals surface area contributed by atoms with Crippen molar-refractivity contribution in [1.82, 2.24) is 9.88 Å². The SMILES string of the molecule is CC(CCO)CNC(=O)c1cn(Cc2ccccc2)c2ccccc12. The first kappa shape index (κ1) is 17.2. The Labute approximate surface area is 148 Å². The monoisotopic (exact) mass is 336 g/mol. The van der Waals surface area contributed by atoms with Gasteiger partial charge in [0.25, 0.3) is 5.91 Å². The zero-order chi connectivity index (χ0) is 17.6. The number of carbonyl (C=O) groups excluding carboxylic acids is 1. The van der Waals surface area contributed by atoms with E-state index in [1.165, 1.54) is 5.56 Å². The lowest BCUT2D eigenvalue weighted by molar-refractivity contribution is 0.0947. The highest BCUT2D eigenvalue weighted by Crippen LogP contribution is 2.22. The van der Waals surface area contributed by atoms with Crippen LogP contribution in [0.25, 0.3) is 10.9 Å². The Kier molecular flexibility index (Phi) is 5.51. The van der Waals surface area contributed by atoms with Gasteiger partial charge in [-0.2, -0.15) is 0 Å². The van der Waals surface area contributed by atoms with E-state index in [4.69, 9.17) is 5.11 Å². The summed E-state index contributed by atoms with van der Waals surface area (Å²) in [5, 5.41) is 12.9. The topological polar surface area (TPSA) is 54.3 Å². The molecule has 1 amide bonds. The Bertz CT molecular complexity index is 839. The number of carbonyl (C=O) groups is 1. The fraction of sp³-hybridized carbons (Fsp3) is 0.286. The number of benzene rings is 2. The average Bonchev–Trinajstić information content (AvgIpc) is 3.00. The van der Waals surface area contributed by atoms with Crippen molar-refractivity contribution >= 4 is 16.8 Å². The highest BCUT2D eigenvalue weighted by atomic mass is 16.3. The van der Waals surface area contributed by atoms with Crippen molar-refractivity contribution in [3.63, 3.8) is 0 Å². The molecule has 0 aliphatic heterocycles. The predicted molar refractivity (Wildman–Crippen MR) is 101 cm³/mol. The predicted octanol–water partition coefficient (Wildman–Crippen LogP) is 3.44. The van der Waals surface area contributed by atoms with Gasteiger partial charge in [-0.1, -0.05) is 55.5 Å². The van der Waals surface area contributed by atoms with Crippen LogP contribution in [0.1, 0.15) is 29.3 Å². The minimum absolute atomic E-state index is 0.0622. The first-order chi connectivity index (χ1) is 12.2. The van der Waals surface area contributed by atoms with E-state index in [0.29, 0.717) is 18.5 Å². The van der Waals surface area contributed by atoms with Crippen LogP contribution < -0.4 is 5.32 Å². The molecule has 1 heterocycles. The van der Waals surface area contributed by atoms with Crippen LogP contribution in [-0.2, 0) is 6.54 Å². The van der Waals surface area contributed by atoms with Crippen LogP contribution in [-0.4, -0.2) is 28.7 Å². The zero-order valence-corrected chi connectivity index (χ0v) is 14.5. The van der Waals surface area contributed by atoms with Gasteiger partial charge in [0, 0.05) is 36.8 Å². The Hall–Kier alpha value is -2.59. The van der Waals surface area contributed by atoms with Crippen LogP contribution in [0.15, 0.2) is 60.8 Å². The molecule has 0 fully saturated rings. The summed E-state index contributed by atoms with van der Waals surface area (Å²) in [5.74, 6) is 0.194. The van der Waals surface area contributed by atoms with E-state index < -0.39 is 0 Å². The van der Waals surface area contributed by atoms with Gasteiger partial charge in [0.2, 0.25) is 0 Å². The van der Waals surface area contributed by atoms with Crippen molar-refractivity contribution in [2.24, 2.45) is 5.92 Å². The van der Waals surface area contributed by atoms with Crippen molar-refractivity contribution in [2.75, 3.05) is 13.2 Å². The molecule has 0 radical (unpaired) electrons. The van der Waals surface area contributed by atoms with E-state index in [1.807, 2.05) is 55.6 Å². The molecular weight excluding hydrogens is 312 g/mol. The van der Waals surface area contributed by atoms with Crippen molar-refractivity contribution in [3.8, 4) is 0 Å². The van der Waals surface area contributed by atoms with E-state index in [1.54, 1.807) is 0 Å². The summed E-state index contributed by atoms with van der Waals surface area (Å²) >= 11 is 0. The second kappa shape index (κ2) is 7.99. The minimum Gasteiger partial charge on any atom is -0.396 e. The fourth-order valence-electron chi connectivity index (χ4n) is 3.02. The first-order valence-electron chi connectivity index (χ1n) is 8.70. The lowest BCUT2D eigenvalue weighted by atomic mass is 10.1. The average molecular weight is 336 g/mol. The fourth-order valence-corrected chi connectivity index (χ4v) is 3.02. The number of amides is 1. The van der Waals surface area contributed by atoms with Gasteiger partial charge in [0.05, 0.1) is 5.56 Å². The number of nitrogens with one attached hydrogen (secondary N) is 1. The molecule has 3 aromatic rings. The molecule has 1 atom stereocenters. The summed E-state index contributed by atoms with van der Waals surface area (Å²) in [6.45, 7) is 3.47. The quantitative estimate of drug-likeness (QED) is 0.694. The van der Waals surface area contributed by atoms with Gasteiger partial charge in [-0.25, -0.2) is 0 Å². The molecule has 0 spiro atoms. The summed E-state index contributed by atoms with van der Waals surface area (Å²) < 4.78 is 2.12. The molecule has 0 saturated carbocycles. The standard InChI is InChI=1S/C21H24N2O2/c1-16(11-12-24)13-22-21(25)19-15-23(14-17-7-3-2-4-8-17)20-10-6-5-9-18(19)20/h2-10,15-16,24H,11-14H2,1H3,(H,22,25). The number of hydrogen-bond donors (Lipinski definition) is 2. The van der Waals surface area contributed by atoms with Crippen molar-refractivity contribution < 1.29 is 9.90 Å². The van der Waals surface area contributed by atoms with E-state index >= 15 is 0 Å². The second-order valence-electron chi connectivity index (χ2n) is 6.50. The maximum atomic E-state index is 12.6. The van der Waals surface area contributed by atoms with Crippen molar-refractivity contribution in [3.05, 3.63) is 71.9 Å². The van der Waals surface area contributed by atoms with E-state index in [9.17, 15) is 4.79 Å². The largest absolute Gasteiger partial charge is 0.396 e. The molecule has 130 valence electrons. The van der Waals surface area contributed by atoms with Crippen molar-refractivity contribution in [2.45, 2.75) is 19.9 Å². The third-order valence-electron chi connectivity index (χ3n) is 4.46. The molecule has 1 aromatic heterocycles. The molecule has 0 bridgehead atoms. The van der Waals surface area contributed by atoms with Crippen LogP contribution in [0.5, 0.6) is 0 Å². The number of hydrogen-bond acceptors (Lipinski definition) is 2. The van der Waals surface area contributed by atoms with E-state index in [0.717, 1.165) is 17.4 Å². The number of aliphatic hydroxyl groups is 1. The molecule has 2 aromatic carbocycles. The van der Waals surface area contributed by atoms with Gasteiger partial charge in [-0.3, -0.25) is 4.79 Å². The summed E-state index contributed by atoms with van der Waals surface area (Å²) in [6.07, 6.45) is 2.62. The van der Waals surface area contributed by atoms with Gasteiger partial charge in [-0.05, 0) is 24.0 Å². The van der Waals surface area contributed by atoms with Crippen molar-refractivity contribution in [1.29, 1.82) is 0 Å². The molecule has 25 heavy (non-hydrogen) atoms. The summed E-state index contributed by atoms with van der Waals surface area (Å²) in [5.41, 5.74) is 2.95. The Morgan fingerprint density at radius 1 is 1.12 bits per heavy atom. The van der Waals surface area contributed by atoms with Crippen LogP contribution in [0.3, 0.4) is 0 Å². The highest BCUT2D eigenvalue weighted by molar-refractivity contribution is 6.07. The molecule has 4 heteroatoms. The van der Waals surface area contributed by atoms with E-state index in [-0.39, 0.29) is 18.4 Å². The Morgan fingerprint density at radius 3 is 2.60 bits per heavy atom. The Balaban J connectivity index is 1.85. The molecule has 4 nitrogen and oxygen atoms in total. The number of aliphatic hydroxyl groups excluding tert-OH is 1. The van der Waals surface area contributed by atoms with Crippen LogP contribution in [0.2, 0.25) is 0 Å². The lowest BCUT2D eigenvalue weighted by Crippen LogP contribution is -2.28. The normalized spacial score (nSPS) is 12.2. The van der Waals surface area contributed by atoms with Crippen LogP contribution in [0, 0.1) is 5.92 Å². The lowest BCUT2D eigenvalue weighted by Gasteiger charge is -2.10. The molecule has 0 saturated heterocycles. The molecule has 0 aliphatic rings. The summed E-state index contributed by atoms with van der Waals surface area (Å²) in [7, 11) is 0. The second-order valence-corrected chi connectivity index (χ2v) is 6.50. The Morgan fingerprint density at radius 2 is 1.84 bits per heavy atom. The van der Waals surface area contributed by atoms with Gasteiger partial charge >= 0.3 is 0 Å². The third kappa shape index (κ3) is 4.09.